The number of carboxylic acid groups (broad SMARTS) is 1. The molecular weight excluding hydrogens is 172 g/mol. The highest BCUT2D eigenvalue weighted by Gasteiger charge is 2.17. The van der Waals surface area contributed by atoms with Gasteiger partial charge in [-0.25, -0.2) is 4.79 Å². The van der Waals surface area contributed by atoms with Gasteiger partial charge in [-0.3, -0.25) is 0 Å². The molecule has 0 aromatic carbocycles. The molecule has 0 bridgehead atoms. The van der Waals surface area contributed by atoms with Crippen LogP contribution in [-0.2, 0) is 4.79 Å². The van der Waals surface area contributed by atoms with Gasteiger partial charge in [-0.05, 0) is 23.2 Å². The van der Waals surface area contributed by atoms with Crippen LogP contribution in [0.1, 0.15) is 13.8 Å². The lowest BCUT2D eigenvalue weighted by Gasteiger charge is -2.16. The SMILES string of the molecule is CC(C)C[SH]1C=CC=C1C(=O)O. The number of carbonyl (C=O) groups is 1. The van der Waals surface area contributed by atoms with Crippen LogP contribution in [0, 0.1) is 5.92 Å². The summed E-state index contributed by atoms with van der Waals surface area (Å²) in [5.41, 5.74) is 0. The monoisotopic (exact) mass is 186 g/mol. The molecule has 0 aliphatic carbocycles. The van der Waals surface area contributed by atoms with Crippen LogP contribution < -0.4 is 0 Å². The quantitative estimate of drug-likeness (QED) is 0.663. The van der Waals surface area contributed by atoms with E-state index < -0.39 is 16.9 Å². The van der Waals surface area contributed by atoms with Crippen molar-refractivity contribution in [1.29, 1.82) is 0 Å². The maximum Gasteiger partial charge on any atom is 0.340 e. The molecule has 0 aromatic rings. The van der Waals surface area contributed by atoms with E-state index in [4.69, 9.17) is 5.11 Å². The summed E-state index contributed by atoms with van der Waals surface area (Å²) in [4.78, 5) is 11.3. The van der Waals surface area contributed by atoms with Gasteiger partial charge in [-0.2, -0.15) is 10.9 Å². The summed E-state index contributed by atoms with van der Waals surface area (Å²) in [5, 5.41) is 10.8. The molecule has 1 rings (SSSR count). The van der Waals surface area contributed by atoms with Gasteiger partial charge in [0.2, 0.25) is 0 Å². The van der Waals surface area contributed by atoms with Gasteiger partial charge < -0.3 is 5.11 Å². The first kappa shape index (κ1) is 9.39. The van der Waals surface area contributed by atoms with E-state index in [1.54, 1.807) is 6.08 Å². The van der Waals surface area contributed by atoms with Crippen LogP contribution in [0.15, 0.2) is 22.5 Å². The molecule has 3 heteroatoms. The van der Waals surface area contributed by atoms with Crippen molar-refractivity contribution in [2.24, 2.45) is 5.92 Å². The molecule has 0 fully saturated rings. The van der Waals surface area contributed by atoms with E-state index in [1.165, 1.54) is 0 Å². The van der Waals surface area contributed by atoms with Gasteiger partial charge in [0.05, 0.1) is 4.91 Å². The van der Waals surface area contributed by atoms with Crippen LogP contribution in [0.5, 0.6) is 0 Å². The fourth-order valence-electron chi connectivity index (χ4n) is 1.16. The van der Waals surface area contributed by atoms with E-state index in [0.29, 0.717) is 10.8 Å². The lowest BCUT2D eigenvalue weighted by Crippen LogP contribution is -2.03. The molecule has 0 spiro atoms. The minimum atomic E-state index is -0.758. The van der Waals surface area contributed by atoms with Crippen LogP contribution in [-0.4, -0.2) is 16.8 Å². The molecule has 0 saturated carbocycles. The van der Waals surface area contributed by atoms with E-state index in [2.05, 4.69) is 13.8 Å². The van der Waals surface area contributed by atoms with E-state index in [9.17, 15) is 4.79 Å². The van der Waals surface area contributed by atoms with Gasteiger partial charge in [0.25, 0.3) is 0 Å². The van der Waals surface area contributed by atoms with Crippen molar-refractivity contribution in [2.75, 3.05) is 5.75 Å². The molecule has 0 radical (unpaired) electrons. The molecule has 2 nitrogen and oxygen atoms in total. The Hall–Kier alpha value is -0.700. The van der Waals surface area contributed by atoms with Crippen molar-refractivity contribution in [3.8, 4) is 0 Å². The summed E-state index contributed by atoms with van der Waals surface area (Å²) in [7, 11) is -0.506. The van der Waals surface area contributed by atoms with Crippen molar-refractivity contribution < 1.29 is 9.90 Å². The fraction of sp³-hybridized carbons (Fsp3) is 0.444. The summed E-state index contributed by atoms with van der Waals surface area (Å²) in [6.45, 7) is 4.24. The molecule has 0 amide bonds. The highest BCUT2D eigenvalue weighted by Crippen LogP contribution is 2.42. The maximum absolute atomic E-state index is 10.7. The number of carboxylic acids is 1. The Morgan fingerprint density at radius 3 is 2.83 bits per heavy atom. The van der Waals surface area contributed by atoms with Gasteiger partial charge in [0.1, 0.15) is 0 Å². The Labute approximate surface area is 75.3 Å². The standard InChI is InChI=1S/C9H14O2S/c1-7(2)6-12-5-3-4-8(12)9(10)11/h3-5,7,12H,6H2,1-2H3,(H,10,11). The second-order valence-corrected chi connectivity index (χ2v) is 5.33. The Morgan fingerprint density at radius 2 is 2.33 bits per heavy atom. The smallest absolute Gasteiger partial charge is 0.340 e. The molecule has 1 aliphatic rings. The Bertz CT molecular complexity index is 241. The minimum Gasteiger partial charge on any atom is -0.477 e. The normalized spacial score (nSPS) is 24.6. The summed E-state index contributed by atoms with van der Waals surface area (Å²) in [6, 6.07) is 0. The second kappa shape index (κ2) is 3.81. The molecule has 12 heavy (non-hydrogen) atoms. The van der Waals surface area contributed by atoms with Crippen LogP contribution in [0.3, 0.4) is 0 Å². The lowest BCUT2D eigenvalue weighted by molar-refractivity contribution is -0.131. The largest absolute Gasteiger partial charge is 0.477 e. The average Bonchev–Trinajstić information content (AvgIpc) is 2.33. The van der Waals surface area contributed by atoms with Crippen LogP contribution in [0.25, 0.3) is 0 Å². The van der Waals surface area contributed by atoms with Crippen molar-refractivity contribution >= 4 is 16.9 Å². The van der Waals surface area contributed by atoms with Crippen molar-refractivity contribution in [3.05, 3.63) is 22.5 Å². The summed E-state index contributed by atoms with van der Waals surface area (Å²) in [6.07, 6.45) is 3.58. The first-order valence-electron chi connectivity index (χ1n) is 3.99. The molecule has 1 heterocycles. The van der Waals surface area contributed by atoms with E-state index in [1.807, 2.05) is 11.5 Å². The Morgan fingerprint density at radius 1 is 1.67 bits per heavy atom. The van der Waals surface area contributed by atoms with Crippen LogP contribution >= 0.6 is 10.9 Å². The molecule has 1 atom stereocenters. The minimum absolute atomic E-state index is 0.506. The van der Waals surface area contributed by atoms with Crippen LogP contribution in [0.4, 0.5) is 0 Å². The molecule has 1 aliphatic heterocycles. The molecule has 0 aromatic heterocycles. The number of rotatable bonds is 3. The van der Waals surface area contributed by atoms with Crippen molar-refractivity contribution in [3.63, 3.8) is 0 Å². The van der Waals surface area contributed by atoms with Gasteiger partial charge >= 0.3 is 5.97 Å². The van der Waals surface area contributed by atoms with Crippen LogP contribution in [0.2, 0.25) is 0 Å². The maximum atomic E-state index is 10.7. The van der Waals surface area contributed by atoms with E-state index in [-0.39, 0.29) is 0 Å². The Kier molecular flexibility index (Phi) is 2.98. The number of aliphatic carboxylic acids is 1. The third-order valence-corrected chi connectivity index (χ3v) is 4.23. The molecule has 0 saturated heterocycles. The topological polar surface area (TPSA) is 37.3 Å². The third kappa shape index (κ3) is 2.14. The van der Waals surface area contributed by atoms with Gasteiger partial charge in [-0.1, -0.05) is 19.9 Å². The van der Waals surface area contributed by atoms with Gasteiger partial charge in [-0.15, -0.1) is 0 Å². The third-order valence-electron chi connectivity index (χ3n) is 1.61. The van der Waals surface area contributed by atoms with Gasteiger partial charge in [0, 0.05) is 0 Å². The zero-order chi connectivity index (χ0) is 9.14. The van der Waals surface area contributed by atoms with Crippen molar-refractivity contribution in [2.45, 2.75) is 13.8 Å². The van der Waals surface area contributed by atoms with E-state index >= 15 is 0 Å². The predicted molar refractivity (Wildman–Crippen MR) is 53.5 cm³/mol. The molecule has 1 unspecified atom stereocenters. The number of hydrogen-bond donors (Lipinski definition) is 2. The highest BCUT2D eigenvalue weighted by molar-refractivity contribution is 8.23. The molecule has 1 N–H and O–H groups in total. The summed E-state index contributed by atoms with van der Waals surface area (Å²) >= 11 is 0. The predicted octanol–water partition coefficient (Wildman–Crippen LogP) is 2.14. The van der Waals surface area contributed by atoms with Gasteiger partial charge in [0.15, 0.2) is 0 Å². The van der Waals surface area contributed by atoms with Crippen molar-refractivity contribution in [1.82, 2.24) is 0 Å². The fourth-order valence-corrected chi connectivity index (χ4v) is 3.24. The number of hydrogen-bond acceptors (Lipinski definition) is 1. The summed E-state index contributed by atoms with van der Waals surface area (Å²) < 4.78 is 0. The Balaban J connectivity index is 2.61. The average molecular weight is 186 g/mol. The number of thiol groups is 1. The summed E-state index contributed by atoms with van der Waals surface area (Å²) in [5.74, 6) is 0.803. The first-order valence-corrected chi connectivity index (χ1v) is 5.59. The zero-order valence-corrected chi connectivity index (χ0v) is 8.21. The highest BCUT2D eigenvalue weighted by atomic mass is 32.2. The zero-order valence-electron chi connectivity index (χ0n) is 7.32. The second-order valence-electron chi connectivity index (χ2n) is 3.24. The first-order chi connectivity index (χ1) is 5.61. The lowest BCUT2D eigenvalue weighted by atomic mass is 10.3. The molecule has 68 valence electrons. The molecular formula is C9H14O2S. The number of allylic oxidation sites excluding steroid dienone is 2. The van der Waals surface area contributed by atoms with E-state index in [0.717, 1.165) is 5.75 Å².